The molecule has 0 amide bonds. The van der Waals surface area contributed by atoms with Crippen LogP contribution in [0.15, 0.2) is 36.7 Å². The maximum Gasteiger partial charge on any atom is 0.0645 e. The molecule has 1 heterocycles. The number of aromatic nitrogens is 2. The van der Waals surface area contributed by atoms with Crippen molar-refractivity contribution in [3.05, 3.63) is 47.8 Å². The van der Waals surface area contributed by atoms with Gasteiger partial charge in [-0.3, -0.25) is 0 Å². The van der Waals surface area contributed by atoms with E-state index in [-0.39, 0.29) is 5.41 Å². The summed E-state index contributed by atoms with van der Waals surface area (Å²) in [5.41, 5.74) is 3.83. The van der Waals surface area contributed by atoms with Gasteiger partial charge in [0.25, 0.3) is 0 Å². The molecular formula is C15H21N3. The molecule has 1 aromatic heterocycles. The molecular weight excluding hydrogens is 222 g/mol. The van der Waals surface area contributed by atoms with Gasteiger partial charge in [-0.1, -0.05) is 32.9 Å². The Kier molecular flexibility index (Phi) is 3.53. The molecule has 0 spiro atoms. The zero-order valence-corrected chi connectivity index (χ0v) is 11.6. The van der Waals surface area contributed by atoms with Gasteiger partial charge in [-0.05, 0) is 30.2 Å². The summed E-state index contributed by atoms with van der Waals surface area (Å²) in [6, 6.07) is 8.59. The van der Waals surface area contributed by atoms with Crippen LogP contribution in [-0.2, 0) is 12.0 Å². The summed E-state index contributed by atoms with van der Waals surface area (Å²) in [5, 5.41) is 7.50. The largest absolute Gasteiger partial charge is 0.316 e. The van der Waals surface area contributed by atoms with Crippen LogP contribution < -0.4 is 5.32 Å². The summed E-state index contributed by atoms with van der Waals surface area (Å²) < 4.78 is 1.92. The number of benzene rings is 1. The number of nitrogens with zero attached hydrogens (tertiary/aromatic N) is 2. The lowest BCUT2D eigenvalue weighted by molar-refractivity contribution is 0.590. The molecule has 0 radical (unpaired) electrons. The van der Waals surface area contributed by atoms with Gasteiger partial charge in [0.15, 0.2) is 0 Å². The van der Waals surface area contributed by atoms with Crippen LogP contribution in [-0.4, -0.2) is 16.8 Å². The van der Waals surface area contributed by atoms with Crippen molar-refractivity contribution in [2.75, 3.05) is 7.05 Å². The van der Waals surface area contributed by atoms with E-state index < -0.39 is 0 Å². The van der Waals surface area contributed by atoms with Gasteiger partial charge in [-0.15, -0.1) is 0 Å². The highest BCUT2D eigenvalue weighted by Gasteiger charge is 2.13. The van der Waals surface area contributed by atoms with Crippen LogP contribution in [0.2, 0.25) is 0 Å². The van der Waals surface area contributed by atoms with Crippen molar-refractivity contribution in [3.8, 4) is 5.69 Å². The second-order valence-corrected chi connectivity index (χ2v) is 5.62. The lowest BCUT2D eigenvalue weighted by Crippen LogP contribution is -2.10. The van der Waals surface area contributed by atoms with Crippen LogP contribution in [0, 0.1) is 0 Å². The summed E-state index contributed by atoms with van der Waals surface area (Å²) in [6.07, 6.45) is 3.96. The maximum atomic E-state index is 4.37. The minimum absolute atomic E-state index is 0.194. The van der Waals surface area contributed by atoms with Crippen molar-refractivity contribution in [2.24, 2.45) is 0 Å². The molecule has 18 heavy (non-hydrogen) atoms. The Morgan fingerprint density at radius 2 is 1.83 bits per heavy atom. The van der Waals surface area contributed by atoms with Crippen molar-refractivity contribution in [2.45, 2.75) is 32.7 Å². The Labute approximate surface area is 109 Å². The quantitative estimate of drug-likeness (QED) is 0.898. The van der Waals surface area contributed by atoms with E-state index in [2.05, 4.69) is 61.6 Å². The highest BCUT2D eigenvalue weighted by molar-refractivity contribution is 5.36. The van der Waals surface area contributed by atoms with Crippen molar-refractivity contribution >= 4 is 0 Å². The zero-order chi connectivity index (χ0) is 13.2. The number of nitrogens with one attached hydrogen (secondary N) is 1. The Morgan fingerprint density at radius 3 is 2.39 bits per heavy atom. The van der Waals surface area contributed by atoms with E-state index in [9.17, 15) is 0 Å². The van der Waals surface area contributed by atoms with Gasteiger partial charge in [0, 0.05) is 18.3 Å². The molecule has 0 bridgehead atoms. The minimum Gasteiger partial charge on any atom is -0.316 e. The Bertz CT molecular complexity index is 503. The van der Waals surface area contributed by atoms with E-state index in [1.807, 2.05) is 17.9 Å². The van der Waals surface area contributed by atoms with Crippen LogP contribution >= 0.6 is 0 Å². The first-order valence-electron chi connectivity index (χ1n) is 6.30. The highest BCUT2D eigenvalue weighted by Crippen LogP contribution is 2.23. The Hall–Kier alpha value is -1.61. The fourth-order valence-corrected chi connectivity index (χ4v) is 1.91. The highest BCUT2D eigenvalue weighted by atomic mass is 15.3. The van der Waals surface area contributed by atoms with Crippen molar-refractivity contribution in [3.63, 3.8) is 0 Å². The molecule has 0 fully saturated rings. The van der Waals surface area contributed by atoms with Gasteiger partial charge >= 0.3 is 0 Å². The predicted molar refractivity (Wildman–Crippen MR) is 75.0 cm³/mol. The summed E-state index contributed by atoms with van der Waals surface area (Å²) in [6.45, 7) is 7.52. The van der Waals surface area contributed by atoms with Crippen molar-refractivity contribution in [1.29, 1.82) is 0 Å². The second-order valence-electron chi connectivity index (χ2n) is 5.62. The maximum absolute atomic E-state index is 4.37. The first-order chi connectivity index (χ1) is 8.50. The average Bonchev–Trinajstić information content (AvgIpc) is 2.77. The summed E-state index contributed by atoms with van der Waals surface area (Å²) in [5.74, 6) is 0. The molecule has 3 nitrogen and oxygen atoms in total. The SMILES string of the molecule is CNCc1cnn(-c2ccc(C(C)(C)C)cc2)c1. The Balaban J connectivity index is 2.23. The van der Waals surface area contributed by atoms with E-state index >= 15 is 0 Å². The molecule has 1 N–H and O–H groups in total. The topological polar surface area (TPSA) is 29.9 Å². The van der Waals surface area contributed by atoms with Crippen molar-refractivity contribution in [1.82, 2.24) is 15.1 Å². The molecule has 0 saturated heterocycles. The molecule has 0 aliphatic carbocycles. The van der Waals surface area contributed by atoms with E-state index in [1.165, 1.54) is 11.1 Å². The minimum atomic E-state index is 0.194. The lowest BCUT2D eigenvalue weighted by Gasteiger charge is -2.19. The van der Waals surface area contributed by atoms with E-state index in [1.54, 1.807) is 0 Å². The van der Waals surface area contributed by atoms with Crippen LogP contribution in [0.1, 0.15) is 31.9 Å². The number of rotatable bonds is 3. The van der Waals surface area contributed by atoms with Crippen LogP contribution in [0.4, 0.5) is 0 Å². The molecule has 1 aromatic carbocycles. The normalized spacial score (nSPS) is 11.8. The van der Waals surface area contributed by atoms with Crippen LogP contribution in [0.5, 0.6) is 0 Å². The third-order valence-corrected chi connectivity index (χ3v) is 3.01. The van der Waals surface area contributed by atoms with Gasteiger partial charge in [-0.25, -0.2) is 4.68 Å². The molecule has 0 aliphatic rings. The zero-order valence-electron chi connectivity index (χ0n) is 11.6. The van der Waals surface area contributed by atoms with E-state index in [0.717, 1.165) is 12.2 Å². The van der Waals surface area contributed by atoms with Gasteiger partial charge in [0.2, 0.25) is 0 Å². The molecule has 0 atom stereocenters. The second kappa shape index (κ2) is 4.94. The van der Waals surface area contributed by atoms with Gasteiger partial charge in [0.05, 0.1) is 11.9 Å². The number of hydrogen-bond acceptors (Lipinski definition) is 2. The third-order valence-electron chi connectivity index (χ3n) is 3.01. The van der Waals surface area contributed by atoms with Gasteiger partial charge in [0.1, 0.15) is 0 Å². The van der Waals surface area contributed by atoms with Gasteiger partial charge in [-0.2, -0.15) is 5.10 Å². The molecule has 0 aliphatic heterocycles. The van der Waals surface area contributed by atoms with Gasteiger partial charge < -0.3 is 5.32 Å². The monoisotopic (exact) mass is 243 g/mol. The molecule has 2 rings (SSSR count). The first-order valence-corrected chi connectivity index (χ1v) is 6.30. The molecule has 0 unspecified atom stereocenters. The summed E-state index contributed by atoms with van der Waals surface area (Å²) in [4.78, 5) is 0. The molecule has 96 valence electrons. The number of hydrogen-bond donors (Lipinski definition) is 1. The van der Waals surface area contributed by atoms with Crippen LogP contribution in [0.3, 0.4) is 0 Å². The predicted octanol–water partition coefficient (Wildman–Crippen LogP) is 2.89. The summed E-state index contributed by atoms with van der Waals surface area (Å²) >= 11 is 0. The fraction of sp³-hybridized carbons (Fsp3) is 0.400. The van der Waals surface area contributed by atoms with Crippen molar-refractivity contribution < 1.29 is 0 Å². The summed E-state index contributed by atoms with van der Waals surface area (Å²) in [7, 11) is 1.94. The van der Waals surface area contributed by atoms with E-state index in [0.29, 0.717) is 0 Å². The first kappa shape index (κ1) is 12.8. The van der Waals surface area contributed by atoms with E-state index in [4.69, 9.17) is 0 Å². The molecule has 2 aromatic rings. The standard InChI is InChI=1S/C15H21N3/c1-15(2,3)13-5-7-14(8-6-13)18-11-12(9-16-4)10-17-18/h5-8,10-11,16H,9H2,1-4H3. The Morgan fingerprint density at radius 1 is 1.17 bits per heavy atom. The van der Waals surface area contributed by atoms with Crippen LogP contribution in [0.25, 0.3) is 5.69 Å². The lowest BCUT2D eigenvalue weighted by atomic mass is 9.87. The molecule has 3 heteroatoms. The molecule has 0 saturated carbocycles. The fourth-order valence-electron chi connectivity index (χ4n) is 1.91. The third kappa shape index (κ3) is 2.79. The smallest absolute Gasteiger partial charge is 0.0645 e. The average molecular weight is 243 g/mol.